The number of para-hydroxylation sites is 1. The van der Waals surface area contributed by atoms with Gasteiger partial charge < -0.3 is 10.6 Å². The topological polar surface area (TPSA) is 41.1 Å². The highest BCUT2D eigenvalue weighted by Crippen LogP contribution is 2.08. The fourth-order valence-corrected chi connectivity index (χ4v) is 2.20. The molecular formula is C18H28N2O. The standard InChI is InChI=1S/C18H28N2O/c1-2-3-4-5-6-7-8-9-13-16-19-18(21)20-17-14-11-10-12-15-17/h2,10-12,14-15H,1,3-9,13,16H2,(H2,19,20,21). The van der Waals surface area contributed by atoms with E-state index in [-0.39, 0.29) is 6.03 Å². The Kier molecular flexibility index (Phi) is 9.88. The molecule has 3 nitrogen and oxygen atoms in total. The smallest absolute Gasteiger partial charge is 0.319 e. The highest BCUT2D eigenvalue weighted by atomic mass is 16.2. The zero-order chi connectivity index (χ0) is 15.2. The quantitative estimate of drug-likeness (QED) is 0.431. The molecule has 0 bridgehead atoms. The molecule has 2 amide bonds. The van der Waals surface area contributed by atoms with Crippen LogP contribution in [0.5, 0.6) is 0 Å². The number of hydrogen-bond acceptors (Lipinski definition) is 1. The maximum atomic E-state index is 11.6. The summed E-state index contributed by atoms with van der Waals surface area (Å²) < 4.78 is 0. The van der Waals surface area contributed by atoms with Crippen molar-refractivity contribution in [2.75, 3.05) is 11.9 Å². The van der Waals surface area contributed by atoms with Crippen molar-refractivity contribution < 1.29 is 4.79 Å². The van der Waals surface area contributed by atoms with E-state index in [1.54, 1.807) is 0 Å². The first-order valence-corrected chi connectivity index (χ1v) is 8.03. The Hall–Kier alpha value is -1.77. The third-order valence-electron chi connectivity index (χ3n) is 3.40. The van der Waals surface area contributed by atoms with E-state index in [9.17, 15) is 4.79 Å². The maximum Gasteiger partial charge on any atom is 0.319 e. The van der Waals surface area contributed by atoms with Crippen LogP contribution in [0.15, 0.2) is 43.0 Å². The van der Waals surface area contributed by atoms with E-state index in [0.717, 1.165) is 25.1 Å². The van der Waals surface area contributed by atoms with Gasteiger partial charge in [-0.1, -0.05) is 56.4 Å². The van der Waals surface area contributed by atoms with Gasteiger partial charge in [-0.15, -0.1) is 6.58 Å². The molecule has 2 N–H and O–H groups in total. The van der Waals surface area contributed by atoms with Crippen LogP contribution in [0.2, 0.25) is 0 Å². The zero-order valence-corrected chi connectivity index (χ0v) is 12.9. The molecule has 0 spiro atoms. The Labute approximate surface area is 128 Å². The monoisotopic (exact) mass is 288 g/mol. The summed E-state index contributed by atoms with van der Waals surface area (Å²) in [4.78, 5) is 11.6. The van der Waals surface area contributed by atoms with Crippen LogP contribution in [0, 0.1) is 0 Å². The SMILES string of the molecule is C=CCCCCCCCCCNC(=O)Nc1ccccc1. The predicted molar refractivity (Wildman–Crippen MR) is 90.6 cm³/mol. The first-order chi connectivity index (χ1) is 10.3. The van der Waals surface area contributed by atoms with Gasteiger partial charge in [-0.3, -0.25) is 0 Å². The summed E-state index contributed by atoms with van der Waals surface area (Å²) in [5, 5.41) is 5.70. The minimum absolute atomic E-state index is 0.120. The molecule has 0 saturated carbocycles. The van der Waals surface area contributed by atoms with E-state index in [2.05, 4.69) is 17.2 Å². The van der Waals surface area contributed by atoms with E-state index >= 15 is 0 Å². The van der Waals surface area contributed by atoms with Crippen LogP contribution in [0.4, 0.5) is 10.5 Å². The van der Waals surface area contributed by atoms with Crippen molar-refractivity contribution in [3.63, 3.8) is 0 Å². The molecule has 0 aliphatic carbocycles. The number of amides is 2. The van der Waals surface area contributed by atoms with Crippen LogP contribution in [0.1, 0.15) is 51.4 Å². The van der Waals surface area contributed by atoms with Crippen LogP contribution >= 0.6 is 0 Å². The Bertz CT molecular complexity index is 389. The molecule has 0 aliphatic heterocycles. The van der Waals surface area contributed by atoms with Gasteiger partial charge in [0, 0.05) is 12.2 Å². The van der Waals surface area contributed by atoms with E-state index in [4.69, 9.17) is 0 Å². The molecule has 116 valence electrons. The normalized spacial score (nSPS) is 10.1. The van der Waals surface area contributed by atoms with E-state index < -0.39 is 0 Å². The molecule has 1 aromatic carbocycles. The number of unbranched alkanes of at least 4 members (excludes halogenated alkanes) is 7. The third kappa shape index (κ3) is 9.72. The van der Waals surface area contributed by atoms with Gasteiger partial charge in [0.15, 0.2) is 0 Å². The minimum atomic E-state index is -0.120. The summed E-state index contributed by atoms with van der Waals surface area (Å²) in [7, 11) is 0. The lowest BCUT2D eigenvalue weighted by Crippen LogP contribution is -2.29. The number of anilines is 1. The molecule has 0 fully saturated rings. The molecule has 0 heterocycles. The van der Waals surface area contributed by atoms with Crippen molar-refractivity contribution in [2.45, 2.75) is 51.4 Å². The lowest BCUT2D eigenvalue weighted by atomic mass is 10.1. The Morgan fingerprint density at radius 2 is 1.57 bits per heavy atom. The van der Waals surface area contributed by atoms with Gasteiger partial charge in [-0.25, -0.2) is 4.79 Å². The van der Waals surface area contributed by atoms with E-state index in [1.165, 1.54) is 38.5 Å². The molecule has 0 radical (unpaired) electrons. The zero-order valence-electron chi connectivity index (χ0n) is 12.9. The number of carbonyl (C=O) groups excluding carboxylic acids is 1. The molecule has 0 atom stereocenters. The summed E-state index contributed by atoms with van der Waals surface area (Å²) in [6, 6.07) is 9.39. The number of nitrogens with one attached hydrogen (secondary N) is 2. The van der Waals surface area contributed by atoms with Gasteiger partial charge in [0.25, 0.3) is 0 Å². The van der Waals surface area contributed by atoms with Crippen molar-refractivity contribution >= 4 is 11.7 Å². The molecule has 1 rings (SSSR count). The molecular weight excluding hydrogens is 260 g/mol. The number of allylic oxidation sites excluding steroid dienone is 1. The van der Waals surface area contributed by atoms with E-state index in [0.29, 0.717) is 0 Å². The van der Waals surface area contributed by atoms with Gasteiger partial charge in [0.05, 0.1) is 0 Å². The maximum absolute atomic E-state index is 11.6. The second-order valence-electron chi connectivity index (χ2n) is 5.30. The number of carbonyl (C=O) groups is 1. The third-order valence-corrected chi connectivity index (χ3v) is 3.40. The van der Waals surface area contributed by atoms with Crippen LogP contribution in [0.3, 0.4) is 0 Å². The van der Waals surface area contributed by atoms with Gasteiger partial charge in [0.1, 0.15) is 0 Å². The lowest BCUT2D eigenvalue weighted by Gasteiger charge is -2.07. The Morgan fingerprint density at radius 1 is 0.952 bits per heavy atom. The Balaban J connectivity index is 1.90. The van der Waals surface area contributed by atoms with Gasteiger partial charge in [0.2, 0.25) is 0 Å². The number of benzene rings is 1. The molecule has 0 unspecified atom stereocenters. The average Bonchev–Trinajstić information content (AvgIpc) is 2.50. The van der Waals surface area contributed by atoms with Crippen molar-refractivity contribution in [1.29, 1.82) is 0 Å². The van der Waals surface area contributed by atoms with Crippen molar-refractivity contribution in [1.82, 2.24) is 5.32 Å². The summed E-state index contributed by atoms with van der Waals surface area (Å²) in [5.74, 6) is 0. The molecule has 0 aliphatic rings. The number of rotatable bonds is 11. The summed E-state index contributed by atoms with van der Waals surface area (Å²) in [5.41, 5.74) is 0.828. The molecule has 1 aromatic rings. The number of hydrogen-bond donors (Lipinski definition) is 2. The molecule has 21 heavy (non-hydrogen) atoms. The van der Waals surface area contributed by atoms with E-state index in [1.807, 2.05) is 36.4 Å². The largest absolute Gasteiger partial charge is 0.338 e. The van der Waals surface area contributed by atoms with Crippen LogP contribution in [-0.2, 0) is 0 Å². The van der Waals surface area contributed by atoms with Gasteiger partial charge >= 0.3 is 6.03 Å². The molecule has 3 heteroatoms. The first-order valence-electron chi connectivity index (χ1n) is 8.03. The summed E-state index contributed by atoms with van der Waals surface area (Å²) in [6.07, 6.45) is 11.8. The fourth-order valence-electron chi connectivity index (χ4n) is 2.20. The van der Waals surface area contributed by atoms with Crippen LogP contribution in [-0.4, -0.2) is 12.6 Å². The first kappa shape index (κ1) is 17.3. The average molecular weight is 288 g/mol. The lowest BCUT2D eigenvalue weighted by molar-refractivity contribution is 0.252. The minimum Gasteiger partial charge on any atom is -0.338 e. The summed E-state index contributed by atoms with van der Waals surface area (Å²) in [6.45, 7) is 4.47. The fraction of sp³-hybridized carbons (Fsp3) is 0.500. The second-order valence-corrected chi connectivity index (χ2v) is 5.30. The predicted octanol–water partition coefficient (Wildman–Crippen LogP) is 5.11. The van der Waals surface area contributed by atoms with Gasteiger partial charge in [-0.05, 0) is 31.4 Å². The van der Waals surface area contributed by atoms with Crippen molar-refractivity contribution in [2.24, 2.45) is 0 Å². The molecule has 0 saturated heterocycles. The Morgan fingerprint density at radius 3 is 2.24 bits per heavy atom. The highest BCUT2D eigenvalue weighted by Gasteiger charge is 1.99. The second kappa shape index (κ2) is 12.0. The van der Waals surface area contributed by atoms with Crippen LogP contribution in [0.25, 0.3) is 0 Å². The number of urea groups is 1. The van der Waals surface area contributed by atoms with Crippen molar-refractivity contribution in [3.05, 3.63) is 43.0 Å². The van der Waals surface area contributed by atoms with Crippen molar-refractivity contribution in [3.8, 4) is 0 Å². The highest BCUT2D eigenvalue weighted by molar-refractivity contribution is 5.89. The molecule has 0 aromatic heterocycles. The van der Waals surface area contributed by atoms with Crippen LogP contribution < -0.4 is 10.6 Å². The summed E-state index contributed by atoms with van der Waals surface area (Å²) >= 11 is 0. The van der Waals surface area contributed by atoms with Gasteiger partial charge in [-0.2, -0.15) is 0 Å².